The van der Waals surface area contributed by atoms with E-state index in [-0.39, 0.29) is 33.5 Å². The molecule has 0 radical (unpaired) electrons. The van der Waals surface area contributed by atoms with Gasteiger partial charge in [-0.15, -0.1) is 0 Å². The van der Waals surface area contributed by atoms with Crippen LogP contribution in [0.3, 0.4) is 0 Å². The fourth-order valence-corrected chi connectivity index (χ4v) is 4.70. The highest BCUT2D eigenvalue weighted by molar-refractivity contribution is 6.13. The summed E-state index contributed by atoms with van der Waals surface area (Å²) in [6.07, 6.45) is 0. The minimum absolute atomic E-state index is 0.0325. The van der Waals surface area contributed by atoms with Crippen LogP contribution in [0.2, 0.25) is 0 Å². The molecule has 2 heterocycles. The summed E-state index contributed by atoms with van der Waals surface area (Å²) in [6.45, 7) is 0. The number of aromatic nitrogens is 3. The Morgan fingerprint density at radius 1 is 0.465 bits per heavy atom. The molecule has 2 aromatic heterocycles. The Balaban J connectivity index is 1.47. The molecule has 8 aromatic rings. The fraction of sp³-hybridized carbons (Fsp3) is 0. The summed E-state index contributed by atoms with van der Waals surface area (Å²) >= 11 is 0. The number of nitrogens with zero attached hydrogens (tertiary/aromatic N) is 3. The van der Waals surface area contributed by atoms with E-state index >= 15 is 0 Å². The van der Waals surface area contributed by atoms with Gasteiger partial charge in [-0.25, -0.2) is 15.0 Å². The first-order valence-corrected chi connectivity index (χ1v) is 13.0. The van der Waals surface area contributed by atoms with Crippen LogP contribution in [-0.4, -0.2) is 15.0 Å². The van der Waals surface area contributed by atoms with Crippen molar-refractivity contribution in [3.8, 4) is 56.4 Å². The van der Waals surface area contributed by atoms with Crippen LogP contribution in [0.4, 0.5) is 0 Å². The van der Waals surface area contributed by atoms with Crippen LogP contribution in [0, 0.1) is 0 Å². The second kappa shape index (κ2) is 10.5. The third-order valence-electron chi connectivity index (χ3n) is 6.64. The van der Waals surface area contributed by atoms with Crippen molar-refractivity contribution in [3.05, 3.63) is 151 Å². The van der Waals surface area contributed by atoms with Crippen molar-refractivity contribution < 1.29 is 26.3 Å². The lowest BCUT2D eigenvalue weighted by atomic mass is 9.96. The number of rotatable bonds is 5. The summed E-state index contributed by atoms with van der Waals surface area (Å²) in [7, 11) is 0. The first kappa shape index (κ1) is 13.4. The lowest BCUT2D eigenvalue weighted by Crippen LogP contribution is -2.00. The molecule has 0 saturated heterocycles. The highest BCUT2D eigenvalue weighted by atomic mass is 16.3. The Kier molecular flexibility index (Phi) is 3.28. The van der Waals surface area contributed by atoms with Crippen LogP contribution in [0.5, 0.6) is 0 Å². The second-order valence-corrected chi connectivity index (χ2v) is 9.26. The van der Waals surface area contributed by atoms with Crippen molar-refractivity contribution in [1.82, 2.24) is 15.0 Å². The van der Waals surface area contributed by atoms with E-state index in [0.717, 1.165) is 11.1 Å². The van der Waals surface area contributed by atoms with Gasteiger partial charge in [0.1, 0.15) is 11.2 Å². The van der Waals surface area contributed by atoms with E-state index < -0.39 is 125 Å². The quantitative estimate of drug-likeness (QED) is 0.208. The highest BCUT2D eigenvalue weighted by Gasteiger charge is 2.16. The van der Waals surface area contributed by atoms with Gasteiger partial charge in [0.05, 0.1) is 21.9 Å². The average molecular weight is 568 g/mol. The van der Waals surface area contributed by atoms with Crippen LogP contribution < -0.4 is 0 Å². The second-order valence-electron chi connectivity index (χ2n) is 9.26. The minimum atomic E-state index is -0.759. The summed E-state index contributed by atoms with van der Waals surface area (Å²) < 4.78 is 144. The van der Waals surface area contributed by atoms with E-state index in [2.05, 4.69) is 15.0 Å². The molecule has 0 atom stereocenters. The lowest BCUT2D eigenvalue weighted by Gasteiger charge is -2.09. The van der Waals surface area contributed by atoms with Gasteiger partial charge in [0.15, 0.2) is 17.5 Å². The van der Waals surface area contributed by atoms with Gasteiger partial charge >= 0.3 is 0 Å². The van der Waals surface area contributed by atoms with E-state index in [1.165, 1.54) is 0 Å². The van der Waals surface area contributed by atoms with E-state index in [0.29, 0.717) is 5.56 Å². The largest absolute Gasteiger partial charge is 0.456 e. The molecule has 0 fully saturated rings. The van der Waals surface area contributed by atoms with Crippen molar-refractivity contribution in [2.75, 3.05) is 0 Å². The van der Waals surface area contributed by atoms with E-state index in [1.807, 2.05) is 36.4 Å². The topological polar surface area (TPSA) is 51.8 Å². The summed E-state index contributed by atoms with van der Waals surface area (Å²) in [5, 5.41) is -0.100. The van der Waals surface area contributed by atoms with Crippen molar-refractivity contribution in [2.45, 2.75) is 0 Å². The normalized spacial score (nSPS) is 16.5. The Morgan fingerprint density at radius 2 is 1.09 bits per heavy atom. The number of furan rings is 1. The summed E-state index contributed by atoms with van der Waals surface area (Å²) in [5.74, 6) is -1.87. The van der Waals surface area contributed by atoms with Crippen LogP contribution in [0.15, 0.2) is 156 Å². The smallest absolute Gasteiger partial charge is 0.164 e. The summed E-state index contributed by atoms with van der Waals surface area (Å²) in [6, 6.07) is 5.67. The molecule has 0 aliphatic heterocycles. The van der Waals surface area contributed by atoms with Gasteiger partial charge in [0.2, 0.25) is 0 Å². The Hall–Kier alpha value is -5.87. The standard InChI is InChI=1S/C39H25N3O/c1-4-12-26(13-5-1)29-18-10-19-30(24-29)32-20-11-21-34-36(32)33-23-22-31(25-35(33)43-34)39-41-37(27-14-6-2-7-15-27)40-38(42-39)28-16-8-3-9-17-28/h1-25H/i2D,3D,6D,7D,8D,9D,11D,14D,15D,16D,17D,20D,21D,22D,23D,25D. The van der Waals surface area contributed by atoms with Crippen molar-refractivity contribution in [1.29, 1.82) is 0 Å². The maximum Gasteiger partial charge on any atom is 0.164 e. The number of benzene rings is 6. The van der Waals surface area contributed by atoms with E-state index in [1.54, 1.807) is 18.2 Å². The van der Waals surface area contributed by atoms with E-state index in [4.69, 9.17) is 22.2 Å². The molecule has 0 aliphatic rings. The molecule has 4 nitrogen and oxygen atoms in total. The maximum atomic E-state index is 9.39. The van der Waals surface area contributed by atoms with Gasteiger partial charge in [0, 0.05) is 27.5 Å². The highest BCUT2D eigenvalue weighted by Crippen LogP contribution is 2.39. The third kappa shape index (κ3) is 4.65. The van der Waals surface area contributed by atoms with Crippen LogP contribution in [0.1, 0.15) is 21.9 Å². The third-order valence-corrected chi connectivity index (χ3v) is 6.64. The molecule has 8 rings (SSSR count). The SMILES string of the molecule is [2H]c1c([2H])c([2H])c(-c2nc(-c3c([2H])c([2H])c([2H])c([2H])c3[2H])nc(-c3c([2H])c([2H])c4c(oc5c([2H])c([2H])c([2H])c(-c6cccc(-c7ccccc7)c6)c54)c3[2H])n2)c([2H])c1[2H]. The maximum absolute atomic E-state index is 9.39. The molecule has 6 aromatic carbocycles. The molecule has 0 spiro atoms. The molecule has 0 amide bonds. The Bertz CT molecular complexity index is 2990. The van der Waals surface area contributed by atoms with Gasteiger partial charge in [-0.3, -0.25) is 0 Å². The predicted molar refractivity (Wildman–Crippen MR) is 174 cm³/mol. The number of fused-ring (bicyclic) bond motifs is 3. The fourth-order valence-electron chi connectivity index (χ4n) is 4.70. The van der Waals surface area contributed by atoms with Gasteiger partial charge < -0.3 is 4.42 Å². The van der Waals surface area contributed by atoms with Crippen molar-refractivity contribution in [3.63, 3.8) is 0 Å². The zero-order valence-corrected chi connectivity index (χ0v) is 21.9. The number of hydrogen-bond donors (Lipinski definition) is 0. The zero-order valence-electron chi connectivity index (χ0n) is 37.9. The van der Waals surface area contributed by atoms with Crippen molar-refractivity contribution in [2.24, 2.45) is 0 Å². The Morgan fingerprint density at radius 3 is 1.79 bits per heavy atom. The predicted octanol–water partition coefficient (Wildman–Crippen LogP) is 10.1. The molecule has 0 aliphatic carbocycles. The molecule has 0 saturated carbocycles. The molecular weight excluding hydrogens is 526 g/mol. The molecule has 0 unspecified atom stereocenters. The van der Waals surface area contributed by atoms with Crippen LogP contribution in [0.25, 0.3) is 78.4 Å². The molecule has 43 heavy (non-hydrogen) atoms. The lowest BCUT2D eigenvalue weighted by molar-refractivity contribution is 0.669. The number of hydrogen-bond acceptors (Lipinski definition) is 4. The Labute approximate surface area is 271 Å². The minimum Gasteiger partial charge on any atom is -0.456 e. The van der Waals surface area contributed by atoms with E-state index in [9.17, 15) is 4.11 Å². The zero-order chi connectivity index (χ0) is 42.5. The molecule has 202 valence electrons. The summed E-state index contributed by atoms with van der Waals surface area (Å²) in [4.78, 5) is 12.9. The van der Waals surface area contributed by atoms with Crippen LogP contribution in [-0.2, 0) is 0 Å². The van der Waals surface area contributed by atoms with Gasteiger partial charge in [0.25, 0.3) is 0 Å². The van der Waals surface area contributed by atoms with Crippen LogP contribution >= 0.6 is 0 Å². The van der Waals surface area contributed by atoms with Crippen molar-refractivity contribution >= 4 is 21.9 Å². The molecule has 4 heteroatoms. The first-order valence-electron chi connectivity index (χ1n) is 21.0. The van der Waals surface area contributed by atoms with Gasteiger partial charge in [-0.05, 0) is 46.4 Å². The summed E-state index contributed by atoms with van der Waals surface area (Å²) in [5.41, 5.74) is -0.0630. The molecule has 0 bridgehead atoms. The monoisotopic (exact) mass is 567 g/mol. The molecular formula is C39H25N3O. The van der Waals surface area contributed by atoms with Gasteiger partial charge in [-0.2, -0.15) is 0 Å². The van der Waals surface area contributed by atoms with Gasteiger partial charge in [-0.1, -0.05) is 127 Å². The average Bonchev–Trinajstić information content (AvgIpc) is 3.63. The molecule has 0 N–H and O–H groups in total. The first-order chi connectivity index (χ1) is 28.0.